The fourth-order valence-electron chi connectivity index (χ4n) is 2.14. The number of nitrogens with one attached hydrogen (secondary N) is 2. The Morgan fingerprint density at radius 3 is 2.47 bits per heavy atom. The third kappa shape index (κ3) is 5.44. The number of amides is 2. The van der Waals surface area contributed by atoms with Crippen molar-refractivity contribution in [2.24, 2.45) is 0 Å². The van der Waals surface area contributed by atoms with Crippen LogP contribution in [0.4, 0.5) is 0 Å². The molecule has 1 fully saturated rings. The van der Waals surface area contributed by atoms with Crippen LogP contribution in [-0.2, 0) is 9.59 Å². The predicted molar refractivity (Wildman–Crippen MR) is 71.0 cm³/mol. The van der Waals surface area contributed by atoms with Gasteiger partial charge in [-0.15, -0.1) is 0 Å². The smallest absolute Gasteiger partial charge is 0.243 e. The zero-order valence-corrected chi connectivity index (χ0v) is 11.4. The Morgan fingerprint density at radius 2 is 1.94 bits per heavy atom. The second-order valence-electron chi connectivity index (χ2n) is 4.55. The lowest BCUT2D eigenvalue weighted by atomic mass is 9.95. The van der Waals surface area contributed by atoms with Crippen LogP contribution in [0.25, 0.3) is 0 Å². The van der Waals surface area contributed by atoms with Crippen LogP contribution >= 0.6 is 11.8 Å². The molecule has 2 N–H and O–H groups in total. The Bertz CT molecular complexity index is 265. The van der Waals surface area contributed by atoms with Crippen molar-refractivity contribution in [3.8, 4) is 0 Å². The van der Waals surface area contributed by atoms with Crippen molar-refractivity contribution in [1.29, 1.82) is 0 Å². The second-order valence-corrected chi connectivity index (χ2v) is 5.46. The molecule has 98 valence electrons. The number of hydrogen-bond acceptors (Lipinski definition) is 3. The zero-order chi connectivity index (χ0) is 12.7. The number of carbonyl (C=O) groups excluding carboxylic acids is 2. The van der Waals surface area contributed by atoms with Crippen molar-refractivity contribution in [1.82, 2.24) is 10.6 Å². The van der Waals surface area contributed by atoms with Gasteiger partial charge in [-0.05, 0) is 19.1 Å². The van der Waals surface area contributed by atoms with E-state index in [9.17, 15) is 9.59 Å². The third-order valence-corrected chi connectivity index (χ3v) is 3.65. The first-order valence-electron chi connectivity index (χ1n) is 6.20. The van der Waals surface area contributed by atoms with Crippen LogP contribution in [0.15, 0.2) is 0 Å². The first kappa shape index (κ1) is 14.4. The highest BCUT2D eigenvalue weighted by atomic mass is 32.2. The molecule has 0 aromatic carbocycles. The van der Waals surface area contributed by atoms with Crippen molar-refractivity contribution in [2.45, 2.75) is 51.1 Å². The van der Waals surface area contributed by atoms with Gasteiger partial charge in [0.2, 0.25) is 11.8 Å². The summed E-state index contributed by atoms with van der Waals surface area (Å²) in [4.78, 5) is 23.0. The Morgan fingerprint density at radius 1 is 1.29 bits per heavy atom. The van der Waals surface area contributed by atoms with E-state index in [2.05, 4.69) is 10.6 Å². The van der Waals surface area contributed by atoms with Crippen molar-refractivity contribution < 1.29 is 9.59 Å². The highest BCUT2D eigenvalue weighted by molar-refractivity contribution is 7.98. The molecule has 0 saturated heterocycles. The topological polar surface area (TPSA) is 58.2 Å². The van der Waals surface area contributed by atoms with Crippen LogP contribution < -0.4 is 10.6 Å². The summed E-state index contributed by atoms with van der Waals surface area (Å²) in [6, 6.07) is -0.0983. The molecule has 0 bridgehead atoms. The van der Waals surface area contributed by atoms with E-state index in [1.807, 2.05) is 6.26 Å². The Balaban J connectivity index is 2.42. The van der Waals surface area contributed by atoms with E-state index < -0.39 is 6.04 Å². The van der Waals surface area contributed by atoms with E-state index in [0.29, 0.717) is 11.8 Å². The molecule has 0 spiro atoms. The number of rotatable bonds is 5. The van der Waals surface area contributed by atoms with Crippen LogP contribution in [0.5, 0.6) is 0 Å². The average Bonchev–Trinajstić information content (AvgIpc) is 2.29. The van der Waals surface area contributed by atoms with Crippen molar-refractivity contribution >= 4 is 23.6 Å². The Labute approximate surface area is 107 Å². The maximum atomic E-state index is 12.0. The quantitative estimate of drug-likeness (QED) is 0.781. The van der Waals surface area contributed by atoms with Gasteiger partial charge in [0.15, 0.2) is 0 Å². The van der Waals surface area contributed by atoms with Crippen LogP contribution in [0.3, 0.4) is 0 Å². The van der Waals surface area contributed by atoms with E-state index in [1.54, 1.807) is 11.8 Å². The molecule has 1 saturated carbocycles. The predicted octanol–water partition coefficient (Wildman–Crippen LogP) is 1.30. The van der Waals surface area contributed by atoms with Gasteiger partial charge >= 0.3 is 0 Å². The van der Waals surface area contributed by atoms with Crippen LogP contribution in [0.2, 0.25) is 0 Å². The Hall–Kier alpha value is -0.710. The summed E-state index contributed by atoms with van der Waals surface area (Å²) in [5.41, 5.74) is 0. The summed E-state index contributed by atoms with van der Waals surface area (Å²) in [5, 5.41) is 5.74. The lowest BCUT2D eigenvalue weighted by Gasteiger charge is -2.25. The summed E-state index contributed by atoms with van der Waals surface area (Å²) in [7, 11) is 0. The minimum absolute atomic E-state index is 0.0403. The van der Waals surface area contributed by atoms with E-state index in [-0.39, 0.29) is 11.8 Å². The van der Waals surface area contributed by atoms with E-state index in [0.717, 1.165) is 12.8 Å². The molecule has 5 heteroatoms. The molecule has 1 atom stereocenters. The van der Waals surface area contributed by atoms with Gasteiger partial charge in [0.25, 0.3) is 0 Å². The number of thioether (sulfide) groups is 1. The van der Waals surface area contributed by atoms with Gasteiger partial charge in [-0.1, -0.05) is 19.3 Å². The first-order valence-corrected chi connectivity index (χ1v) is 7.59. The van der Waals surface area contributed by atoms with Gasteiger partial charge in [-0.2, -0.15) is 11.8 Å². The number of hydrogen-bond donors (Lipinski definition) is 2. The lowest BCUT2D eigenvalue weighted by Crippen LogP contribution is -2.50. The summed E-state index contributed by atoms with van der Waals surface area (Å²) in [6.07, 6.45) is 7.72. The summed E-state index contributed by atoms with van der Waals surface area (Å²) < 4.78 is 0. The summed E-state index contributed by atoms with van der Waals surface area (Å²) >= 11 is 1.57. The van der Waals surface area contributed by atoms with Gasteiger partial charge < -0.3 is 10.6 Å². The lowest BCUT2D eigenvalue weighted by molar-refractivity contribution is -0.128. The molecule has 1 rings (SSSR count). The standard InChI is InChI=1S/C12H22N2O2S/c1-9(15)13-11(8-17-2)12(16)14-10-6-4-3-5-7-10/h10-11H,3-8H2,1-2H3,(H,13,15)(H,14,16)/t11-/m0/s1. The van der Waals surface area contributed by atoms with E-state index in [1.165, 1.54) is 26.2 Å². The van der Waals surface area contributed by atoms with E-state index in [4.69, 9.17) is 0 Å². The molecule has 0 heterocycles. The Kier molecular flexibility index (Phi) is 6.40. The number of carbonyl (C=O) groups is 2. The van der Waals surface area contributed by atoms with E-state index >= 15 is 0 Å². The molecule has 0 aliphatic heterocycles. The molecule has 1 aliphatic carbocycles. The van der Waals surface area contributed by atoms with Gasteiger partial charge in [0, 0.05) is 18.7 Å². The van der Waals surface area contributed by atoms with Crippen LogP contribution in [0, 0.1) is 0 Å². The maximum absolute atomic E-state index is 12.0. The second kappa shape index (κ2) is 7.58. The average molecular weight is 258 g/mol. The third-order valence-electron chi connectivity index (χ3n) is 2.98. The molecule has 0 radical (unpaired) electrons. The zero-order valence-electron chi connectivity index (χ0n) is 10.6. The molecule has 0 aromatic heterocycles. The molecule has 1 aliphatic rings. The highest BCUT2D eigenvalue weighted by Gasteiger charge is 2.22. The molecule has 17 heavy (non-hydrogen) atoms. The molecule has 4 nitrogen and oxygen atoms in total. The monoisotopic (exact) mass is 258 g/mol. The molecule has 2 amide bonds. The molecule has 0 aromatic rings. The van der Waals surface area contributed by atoms with Gasteiger partial charge in [-0.3, -0.25) is 9.59 Å². The highest BCUT2D eigenvalue weighted by Crippen LogP contribution is 2.17. The fourth-order valence-corrected chi connectivity index (χ4v) is 2.71. The van der Waals surface area contributed by atoms with Gasteiger partial charge in [-0.25, -0.2) is 0 Å². The van der Waals surface area contributed by atoms with Gasteiger partial charge in [0.05, 0.1) is 0 Å². The SMILES string of the molecule is CSC[C@H](NC(C)=O)C(=O)NC1CCCCC1. The minimum Gasteiger partial charge on any atom is -0.352 e. The van der Waals surface area contributed by atoms with Gasteiger partial charge in [0.1, 0.15) is 6.04 Å². The minimum atomic E-state index is -0.399. The van der Waals surface area contributed by atoms with Crippen molar-refractivity contribution in [3.63, 3.8) is 0 Å². The summed E-state index contributed by atoms with van der Waals surface area (Å²) in [5.74, 6) is 0.433. The van der Waals surface area contributed by atoms with Crippen molar-refractivity contribution in [3.05, 3.63) is 0 Å². The van der Waals surface area contributed by atoms with Crippen LogP contribution in [-0.4, -0.2) is 35.9 Å². The van der Waals surface area contributed by atoms with Crippen LogP contribution in [0.1, 0.15) is 39.0 Å². The summed E-state index contributed by atoms with van der Waals surface area (Å²) in [6.45, 7) is 1.45. The first-order chi connectivity index (χ1) is 8.13. The molecular weight excluding hydrogens is 236 g/mol. The maximum Gasteiger partial charge on any atom is 0.243 e. The molecular formula is C12H22N2O2S. The fraction of sp³-hybridized carbons (Fsp3) is 0.833. The van der Waals surface area contributed by atoms with Crippen molar-refractivity contribution in [2.75, 3.05) is 12.0 Å². The largest absolute Gasteiger partial charge is 0.352 e. The normalized spacial score (nSPS) is 18.5. The molecule has 0 unspecified atom stereocenters.